The fourth-order valence-corrected chi connectivity index (χ4v) is 9.56. The van der Waals surface area contributed by atoms with Crippen LogP contribution in [-0.4, -0.2) is 26.1 Å². The smallest absolute Gasteiger partial charge is 0.346 e. The number of nitriles is 1. The molecule has 51 heavy (non-hydrogen) atoms. The fourth-order valence-electron chi connectivity index (χ4n) is 7.05. The first-order valence-electron chi connectivity index (χ1n) is 19.4. The van der Waals surface area contributed by atoms with E-state index in [9.17, 15) is 15.2 Å². The number of carbonyl (C=O) groups is 1. The average Bonchev–Trinajstić information content (AvgIpc) is 3.89. The molecule has 0 aliphatic carbocycles. The molecule has 276 valence electrons. The molecule has 0 amide bonds. The lowest BCUT2D eigenvalue weighted by molar-refractivity contribution is -0.132. The first-order chi connectivity index (χ1) is 24.8. The Hall–Kier alpha value is -2.80. The zero-order valence-electron chi connectivity index (χ0n) is 31.2. The summed E-state index contributed by atoms with van der Waals surface area (Å²) in [4.78, 5) is 17.2. The molecule has 1 N–H and O–H groups in total. The molecule has 3 aromatic heterocycles. The number of hydrogen-bond acceptors (Lipinski definition) is 6. The Morgan fingerprint density at radius 1 is 0.765 bits per heavy atom. The first-order valence-corrected chi connectivity index (χ1v) is 21.9. The molecule has 3 heterocycles. The van der Waals surface area contributed by atoms with Crippen LogP contribution in [0.5, 0.6) is 0 Å². The van der Waals surface area contributed by atoms with E-state index in [2.05, 4.69) is 74.0 Å². The van der Waals surface area contributed by atoms with Crippen molar-refractivity contribution >= 4 is 61.2 Å². The van der Waals surface area contributed by atoms with E-state index >= 15 is 0 Å². The van der Waals surface area contributed by atoms with Crippen molar-refractivity contribution in [3.8, 4) is 27.0 Å². The largest absolute Gasteiger partial charge is 0.477 e. The zero-order chi connectivity index (χ0) is 36.6. The number of carboxylic acids is 1. The number of fused-ring (bicyclic) bond motifs is 1. The van der Waals surface area contributed by atoms with Gasteiger partial charge in [0.1, 0.15) is 22.7 Å². The van der Waals surface area contributed by atoms with Gasteiger partial charge in [-0.05, 0) is 76.9 Å². The number of aromatic nitrogens is 3. The highest BCUT2D eigenvalue weighted by Gasteiger charge is 2.23. The van der Waals surface area contributed by atoms with Gasteiger partial charge in [0.05, 0.1) is 10.3 Å². The van der Waals surface area contributed by atoms with Crippen molar-refractivity contribution in [3.63, 3.8) is 0 Å². The Labute approximate surface area is 322 Å². The maximum absolute atomic E-state index is 12.3. The van der Waals surface area contributed by atoms with Crippen molar-refractivity contribution < 1.29 is 9.90 Å². The monoisotopic (exact) mass is 792 g/mol. The number of rotatable bonds is 24. The lowest BCUT2D eigenvalue weighted by atomic mass is 9.89. The molecule has 0 bridgehead atoms. The third-order valence-electron chi connectivity index (χ3n) is 10.1. The average molecular weight is 794 g/mol. The molecule has 0 radical (unpaired) electrons. The summed E-state index contributed by atoms with van der Waals surface area (Å²) in [6.45, 7) is 9.68. The van der Waals surface area contributed by atoms with Gasteiger partial charge >= 0.3 is 5.97 Å². The Morgan fingerprint density at radius 2 is 1.31 bits per heavy atom. The molecule has 4 aromatic rings. The topological polar surface area (TPSA) is 91.8 Å². The minimum absolute atomic E-state index is 0.150. The predicted molar refractivity (Wildman–Crippen MR) is 220 cm³/mol. The normalized spacial score (nSPS) is 13.3. The van der Waals surface area contributed by atoms with Crippen LogP contribution in [0.3, 0.4) is 0 Å². The van der Waals surface area contributed by atoms with Gasteiger partial charge in [-0.3, -0.25) is 0 Å². The second-order valence-corrected chi connectivity index (χ2v) is 17.6. The van der Waals surface area contributed by atoms with Crippen LogP contribution >= 0.6 is 38.6 Å². The summed E-state index contributed by atoms with van der Waals surface area (Å²) in [7, 11) is 0. The molecule has 0 saturated carbocycles. The van der Waals surface area contributed by atoms with Gasteiger partial charge in [0.2, 0.25) is 0 Å². The number of halogens is 1. The van der Waals surface area contributed by atoms with E-state index in [0.29, 0.717) is 23.8 Å². The van der Waals surface area contributed by atoms with Crippen LogP contribution in [0.4, 0.5) is 0 Å². The minimum Gasteiger partial charge on any atom is -0.477 e. The molecule has 1 aromatic carbocycles. The van der Waals surface area contributed by atoms with Gasteiger partial charge in [-0.15, -0.1) is 22.7 Å². The summed E-state index contributed by atoms with van der Waals surface area (Å²) in [5.74, 6) is -0.288. The molecule has 0 aliphatic rings. The van der Waals surface area contributed by atoms with Gasteiger partial charge in [0.25, 0.3) is 0 Å². The number of benzene rings is 1. The molecule has 2 atom stereocenters. The third-order valence-corrected chi connectivity index (χ3v) is 12.9. The molecule has 2 unspecified atom stereocenters. The fraction of sp³-hybridized carbons (Fsp3) is 0.571. The summed E-state index contributed by atoms with van der Waals surface area (Å²) < 4.78 is 1.08. The van der Waals surface area contributed by atoms with Crippen LogP contribution in [0.15, 0.2) is 45.8 Å². The molecule has 0 spiro atoms. The standard InChI is InChI=1S/C42H57BrN4O2S2/c1-5-9-12-14-15-17-20-31(19-16-13-10-6-2)29-47-45-40-32(21-22-33(41(40)46-47)37-25-26-39(43)51-37)36-23-24-38(50-36)34(35(28-44)42(48)49)27-30(8-4)18-11-7-3/h21-26,30-31H,5-20,27,29H2,1-4H3,(H,48,49)/b35-34+. The molecule has 6 nitrogen and oxygen atoms in total. The molecular weight excluding hydrogens is 737 g/mol. The SMILES string of the molecule is CCCCCCCCC(CCCCCC)Cn1nc2c(-c3ccc(Br)s3)ccc(-c3ccc(/C(CC(CC)CCCC)=C(\C#N)C(=O)O)s3)c2n1. The summed E-state index contributed by atoms with van der Waals surface area (Å²) in [6, 6.07) is 14.6. The zero-order valence-corrected chi connectivity index (χ0v) is 34.4. The van der Waals surface area contributed by atoms with E-state index in [-0.39, 0.29) is 5.57 Å². The van der Waals surface area contributed by atoms with Crippen molar-refractivity contribution in [2.75, 3.05) is 0 Å². The van der Waals surface area contributed by atoms with Crippen LogP contribution in [0.25, 0.3) is 37.5 Å². The maximum Gasteiger partial charge on any atom is 0.346 e. The number of allylic oxidation sites excluding steroid dienone is 1. The predicted octanol–water partition coefficient (Wildman–Crippen LogP) is 14.0. The van der Waals surface area contributed by atoms with E-state index < -0.39 is 5.97 Å². The highest BCUT2D eigenvalue weighted by atomic mass is 79.9. The van der Waals surface area contributed by atoms with Crippen molar-refractivity contribution in [2.24, 2.45) is 11.8 Å². The van der Waals surface area contributed by atoms with Crippen LogP contribution in [0.1, 0.15) is 142 Å². The van der Waals surface area contributed by atoms with E-state index in [0.717, 1.165) is 72.8 Å². The Morgan fingerprint density at radius 3 is 1.86 bits per heavy atom. The molecule has 0 aliphatic heterocycles. The number of thiophene rings is 2. The molecule has 0 fully saturated rings. The summed E-state index contributed by atoms with van der Waals surface area (Å²) in [6.07, 6.45) is 20.0. The molecular formula is C42H57BrN4O2S2. The number of aliphatic carboxylic acids is 1. The molecule has 0 saturated heterocycles. The quantitative estimate of drug-likeness (QED) is 0.0433. The van der Waals surface area contributed by atoms with Crippen molar-refractivity contribution in [3.05, 3.63) is 50.6 Å². The van der Waals surface area contributed by atoms with E-state index in [4.69, 9.17) is 10.2 Å². The second kappa shape index (κ2) is 21.7. The van der Waals surface area contributed by atoms with Crippen molar-refractivity contribution in [1.82, 2.24) is 15.0 Å². The van der Waals surface area contributed by atoms with Gasteiger partial charge in [-0.25, -0.2) is 4.79 Å². The Bertz CT molecular complexity index is 1750. The Kier molecular flexibility index (Phi) is 17.4. The maximum atomic E-state index is 12.3. The van der Waals surface area contributed by atoms with E-state index in [1.807, 2.05) is 16.9 Å². The number of carboxylic acid groups (broad SMARTS) is 1. The van der Waals surface area contributed by atoms with Gasteiger partial charge < -0.3 is 5.11 Å². The van der Waals surface area contributed by atoms with Crippen LogP contribution in [0.2, 0.25) is 0 Å². The molecule has 9 heteroatoms. The lowest BCUT2D eigenvalue weighted by Crippen LogP contribution is -2.13. The lowest BCUT2D eigenvalue weighted by Gasteiger charge is -2.17. The second-order valence-electron chi connectivity index (χ2n) is 14.0. The highest BCUT2D eigenvalue weighted by Crippen LogP contribution is 2.42. The van der Waals surface area contributed by atoms with Crippen molar-refractivity contribution in [1.29, 1.82) is 5.26 Å². The van der Waals surface area contributed by atoms with Gasteiger partial charge in [0.15, 0.2) is 0 Å². The van der Waals surface area contributed by atoms with Gasteiger partial charge in [0, 0.05) is 25.8 Å². The number of hydrogen-bond donors (Lipinski definition) is 1. The minimum atomic E-state index is -1.16. The van der Waals surface area contributed by atoms with Crippen molar-refractivity contribution in [2.45, 2.75) is 143 Å². The summed E-state index contributed by atoms with van der Waals surface area (Å²) in [5, 5.41) is 30.4. The Balaban J connectivity index is 1.71. The van der Waals surface area contributed by atoms with Crippen LogP contribution in [-0.2, 0) is 11.3 Å². The van der Waals surface area contributed by atoms with E-state index in [1.54, 1.807) is 22.7 Å². The number of unbranched alkanes of at least 4 members (excludes halogenated alkanes) is 9. The molecule has 4 rings (SSSR count). The highest BCUT2D eigenvalue weighted by molar-refractivity contribution is 9.11. The van der Waals surface area contributed by atoms with E-state index in [1.165, 1.54) is 77.0 Å². The summed E-state index contributed by atoms with van der Waals surface area (Å²) >= 11 is 6.90. The van der Waals surface area contributed by atoms with Crippen LogP contribution < -0.4 is 0 Å². The van der Waals surface area contributed by atoms with Gasteiger partial charge in [-0.2, -0.15) is 20.3 Å². The summed E-state index contributed by atoms with van der Waals surface area (Å²) in [5.41, 5.74) is 4.32. The first kappa shape index (κ1) is 41.0. The van der Waals surface area contributed by atoms with Gasteiger partial charge in [-0.1, -0.05) is 130 Å². The third kappa shape index (κ3) is 11.9. The number of nitrogens with zero attached hydrogens (tertiary/aromatic N) is 4. The van der Waals surface area contributed by atoms with Crippen LogP contribution in [0, 0.1) is 23.2 Å².